The van der Waals surface area contributed by atoms with E-state index in [1.807, 2.05) is 0 Å². The number of imide groups is 1. The van der Waals surface area contributed by atoms with E-state index in [4.69, 9.17) is 20.3 Å². The van der Waals surface area contributed by atoms with E-state index < -0.39 is 47.4 Å². The number of rotatable bonds is 7. The van der Waals surface area contributed by atoms with Gasteiger partial charge in [0.25, 0.3) is 0 Å². The van der Waals surface area contributed by atoms with Crippen molar-refractivity contribution in [3.05, 3.63) is 0 Å². The van der Waals surface area contributed by atoms with E-state index >= 15 is 0 Å². The summed E-state index contributed by atoms with van der Waals surface area (Å²) >= 11 is 0. The topological polar surface area (TPSA) is 156 Å². The van der Waals surface area contributed by atoms with E-state index in [1.54, 1.807) is 41.5 Å². The number of nitrogens with zero attached hydrogens (tertiary/aromatic N) is 1. The van der Waals surface area contributed by atoms with Gasteiger partial charge in [0.1, 0.15) is 23.3 Å². The number of carbonyl (C=O) groups is 4. The molecule has 0 fully saturated rings. The minimum Gasteiger partial charge on any atom is -0.480 e. The van der Waals surface area contributed by atoms with Crippen molar-refractivity contribution in [3.8, 4) is 0 Å². The number of amides is 2. The lowest BCUT2D eigenvalue weighted by atomic mass is 10.0. The Kier molecular flexibility index (Phi) is 8.71. The van der Waals surface area contributed by atoms with Crippen molar-refractivity contribution < 1.29 is 38.9 Å². The van der Waals surface area contributed by atoms with Crippen LogP contribution in [-0.2, 0) is 19.1 Å². The molecule has 0 aliphatic rings. The van der Waals surface area contributed by atoms with Crippen molar-refractivity contribution in [1.82, 2.24) is 4.90 Å². The first-order valence-electron chi connectivity index (χ1n) is 8.51. The lowest BCUT2D eigenvalue weighted by molar-refractivity contribution is -0.143. The zero-order chi connectivity index (χ0) is 21.6. The van der Waals surface area contributed by atoms with Gasteiger partial charge in [-0.1, -0.05) is 0 Å². The number of carboxylic acids is 2. The normalized spacial score (nSPS) is 14.0. The average molecular weight is 390 g/mol. The number of carbonyl (C=O) groups excluding carboxylic acids is 2. The molecule has 0 bridgehead atoms. The second kappa shape index (κ2) is 9.54. The maximum atomic E-state index is 12.5. The molecule has 0 rings (SSSR count). The number of aliphatic carboxylic acids is 2. The Balaban J connectivity index is 5.53. The Morgan fingerprint density at radius 2 is 1.26 bits per heavy atom. The standard InChI is InChI=1S/C17H30N2O8/c1-16(2,3)26-14(24)19(15(25)27-17(4,5)6)11(13(22)23)9-7-8-10(18)12(20)21/h10-11H,7-9,18H2,1-6H3,(H,20,21)(H,22,23)/t10-,11+/m1/s1. The zero-order valence-corrected chi connectivity index (χ0v) is 16.6. The Labute approximate surface area is 158 Å². The lowest BCUT2D eigenvalue weighted by Gasteiger charge is -2.31. The molecular weight excluding hydrogens is 360 g/mol. The first kappa shape index (κ1) is 24.6. The largest absolute Gasteiger partial charge is 0.480 e. The molecule has 0 aliphatic heterocycles. The molecule has 27 heavy (non-hydrogen) atoms. The first-order valence-corrected chi connectivity index (χ1v) is 8.51. The molecule has 2 amide bonds. The third kappa shape index (κ3) is 9.78. The number of nitrogens with two attached hydrogens (primary N) is 1. The minimum absolute atomic E-state index is 0.0183. The molecule has 10 nitrogen and oxygen atoms in total. The Morgan fingerprint density at radius 3 is 1.56 bits per heavy atom. The van der Waals surface area contributed by atoms with Gasteiger partial charge >= 0.3 is 24.1 Å². The van der Waals surface area contributed by atoms with Crippen LogP contribution in [0.25, 0.3) is 0 Å². The maximum Gasteiger partial charge on any atom is 0.420 e. The van der Waals surface area contributed by atoms with Gasteiger partial charge in [-0.15, -0.1) is 0 Å². The van der Waals surface area contributed by atoms with Crippen LogP contribution in [0.15, 0.2) is 0 Å². The second-order valence-electron chi connectivity index (χ2n) is 8.06. The van der Waals surface area contributed by atoms with Crippen molar-refractivity contribution in [2.45, 2.75) is 84.1 Å². The maximum absolute atomic E-state index is 12.5. The third-order valence-corrected chi connectivity index (χ3v) is 3.09. The van der Waals surface area contributed by atoms with E-state index in [2.05, 4.69) is 0 Å². The highest BCUT2D eigenvalue weighted by Gasteiger charge is 2.40. The molecule has 4 N–H and O–H groups in total. The number of carboxylic acid groups (broad SMARTS) is 2. The summed E-state index contributed by atoms with van der Waals surface area (Å²) in [6, 6.07) is -2.76. The fourth-order valence-electron chi connectivity index (χ4n) is 1.97. The quantitative estimate of drug-likeness (QED) is 0.592. The predicted molar refractivity (Wildman–Crippen MR) is 95.2 cm³/mol. The lowest BCUT2D eigenvalue weighted by Crippen LogP contribution is -2.52. The van der Waals surface area contributed by atoms with Gasteiger partial charge in [0.05, 0.1) is 0 Å². The molecule has 0 aliphatic carbocycles. The molecule has 0 heterocycles. The third-order valence-electron chi connectivity index (χ3n) is 3.09. The van der Waals surface area contributed by atoms with Gasteiger partial charge in [-0.3, -0.25) is 4.79 Å². The van der Waals surface area contributed by atoms with Crippen LogP contribution in [0.5, 0.6) is 0 Å². The van der Waals surface area contributed by atoms with E-state index in [9.17, 15) is 24.3 Å². The monoisotopic (exact) mass is 390 g/mol. The molecule has 2 atom stereocenters. The van der Waals surface area contributed by atoms with Crippen LogP contribution in [0.3, 0.4) is 0 Å². The van der Waals surface area contributed by atoms with Gasteiger partial charge in [-0.05, 0) is 60.8 Å². The Morgan fingerprint density at radius 1 is 0.852 bits per heavy atom. The van der Waals surface area contributed by atoms with Crippen molar-refractivity contribution >= 4 is 24.1 Å². The molecule has 0 spiro atoms. The SMILES string of the molecule is CC(C)(C)OC(=O)N(C(=O)OC(C)(C)C)[C@@H](CCC[C@@H](N)C(=O)O)C(=O)O. The van der Waals surface area contributed by atoms with Gasteiger partial charge in [0.2, 0.25) is 0 Å². The second-order valence-corrected chi connectivity index (χ2v) is 8.06. The molecule has 0 radical (unpaired) electrons. The van der Waals surface area contributed by atoms with E-state index in [0.717, 1.165) is 0 Å². The molecule has 0 unspecified atom stereocenters. The fraction of sp³-hybridized carbons (Fsp3) is 0.765. The number of hydrogen-bond acceptors (Lipinski definition) is 7. The van der Waals surface area contributed by atoms with Gasteiger partial charge in [-0.25, -0.2) is 14.4 Å². The molecule has 156 valence electrons. The highest BCUT2D eigenvalue weighted by molar-refractivity contribution is 5.93. The Bertz CT molecular complexity index is 534. The molecule has 0 saturated carbocycles. The summed E-state index contributed by atoms with van der Waals surface area (Å²) in [5, 5.41) is 18.3. The van der Waals surface area contributed by atoms with Gasteiger partial charge in [-0.2, -0.15) is 4.90 Å². The molecular formula is C17H30N2O8. The van der Waals surface area contributed by atoms with Gasteiger partial charge in [0.15, 0.2) is 0 Å². The van der Waals surface area contributed by atoms with Crippen LogP contribution >= 0.6 is 0 Å². The van der Waals surface area contributed by atoms with Crippen LogP contribution < -0.4 is 5.73 Å². The van der Waals surface area contributed by atoms with Gasteiger partial charge in [0, 0.05) is 0 Å². The van der Waals surface area contributed by atoms with E-state index in [-0.39, 0.29) is 19.3 Å². The van der Waals surface area contributed by atoms with E-state index in [0.29, 0.717) is 4.90 Å². The Hall–Kier alpha value is -2.36. The van der Waals surface area contributed by atoms with Crippen molar-refractivity contribution in [2.24, 2.45) is 5.73 Å². The molecule has 0 aromatic heterocycles. The van der Waals surface area contributed by atoms with Crippen LogP contribution in [0.1, 0.15) is 60.8 Å². The van der Waals surface area contributed by atoms with Gasteiger partial charge < -0.3 is 25.4 Å². The van der Waals surface area contributed by atoms with Crippen LogP contribution in [0, 0.1) is 0 Å². The minimum atomic E-state index is -1.59. The summed E-state index contributed by atoms with van der Waals surface area (Å²) < 4.78 is 10.3. The summed E-state index contributed by atoms with van der Waals surface area (Å²) in [4.78, 5) is 47.8. The fourth-order valence-corrected chi connectivity index (χ4v) is 1.97. The summed E-state index contributed by atoms with van der Waals surface area (Å²) in [6.45, 7) is 9.42. The zero-order valence-electron chi connectivity index (χ0n) is 16.6. The highest BCUT2D eigenvalue weighted by atomic mass is 16.6. The van der Waals surface area contributed by atoms with Crippen molar-refractivity contribution in [2.75, 3.05) is 0 Å². The number of ether oxygens (including phenoxy) is 2. The summed E-state index contributed by atoms with van der Waals surface area (Å²) in [5.41, 5.74) is 3.46. The molecule has 10 heteroatoms. The van der Waals surface area contributed by atoms with Crippen LogP contribution in [-0.4, -0.2) is 62.5 Å². The summed E-state index contributed by atoms with van der Waals surface area (Å²) in [6.07, 6.45) is -2.48. The highest BCUT2D eigenvalue weighted by Crippen LogP contribution is 2.20. The smallest absolute Gasteiger partial charge is 0.420 e. The van der Waals surface area contributed by atoms with Crippen LogP contribution in [0.4, 0.5) is 9.59 Å². The molecule has 0 aromatic rings. The summed E-state index contributed by atoms with van der Waals surface area (Å²) in [7, 11) is 0. The first-order chi connectivity index (χ1) is 12.0. The van der Waals surface area contributed by atoms with Crippen LogP contribution in [0.2, 0.25) is 0 Å². The molecule has 0 aromatic carbocycles. The van der Waals surface area contributed by atoms with Crippen molar-refractivity contribution in [3.63, 3.8) is 0 Å². The average Bonchev–Trinajstić information content (AvgIpc) is 2.41. The summed E-state index contributed by atoms with van der Waals surface area (Å²) in [5.74, 6) is -2.67. The predicted octanol–water partition coefficient (Wildman–Crippen LogP) is 2.19. The number of hydrogen-bond donors (Lipinski definition) is 3. The molecule has 0 saturated heterocycles. The van der Waals surface area contributed by atoms with Crippen molar-refractivity contribution in [1.29, 1.82) is 0 Å². The van der Waals surface area contributed by atoms with E-state index in [1.165, 1.54) is 0 Å².